The topological polar surface area (TPSA) is 58.6 Å². The summed E-state index contributed by atoms with van der Waals surface area (Å²) in [5.41, 5.74) is 2.75. The molecule has 1 N–H and O–H groups in total. The molecule has 1 fully saturated rings. The van der Waals surface area contributed by atoms with Crippen LogP contribution in [0.3, 0.4) is 0 Å². The van der Waals surface area contributed by atoms with Crippen LogP contribution in [0.2, 0.25) is 5.02 Å². The first kappa shape index (κ1) is 19.2. The van der Waals surface area contributed by atoms with Crippen LogP contribution >= 0.6 is 11.6 Å². The van der Waals surface area contributed by atoms with Gasteiger partial charge in [-0.15, -0.1) is 0 Å². The van der Waals surface area contributed by atoms with E-state index in [1.807, 2.05) is 31.2 Å². The van der Waals surface area contributed by atoms with Crippen molar-refractivity contribution in [2.24, 2.45) is 0 Å². The Labute approximate surface area is 164 Å². The fourth-order valence-corrected chi connectivity index (χ4v) is 3.26. The first-order chi connectivity index (χ1) is 12.9. The first-order valence-corrected chi connectivity index (χ1v) is 9.41. The maximum atomic E-state index is 12.3. The number of carbonyl (C=O) groups excluding carboxylic acids is 2. The molecule has 0 radical (unpaired) electrons. The molecule has 0 unspecified atom stereocenters. The lowest BCUT2D eigenvalue weighted by molar-refractivity contribution is -0.127. The number of hydrogen-bond donors (Lipinski definition) is 1. The second-order valence-electron chi connectivity index (χ2n) is 6.70. The van der Waals surface area contributed by atoms with E-state index in [-0.39, 0.29) is 11.8 Å². The van der Waals surface area contributed by atoms with Gasteiger partial charge < -0.3 is 15.0 Å². The largest absolute Gasteiger partial charge is 0.481 e. The van der Waals surface area contributed by atoms with Crippen molar-refractivity contribution in [1.29, 1.82) is 0 Å². The minimum Gasteiger partial charge on any atom is -0.481 e. The SMILES string of the molecule is Cc1cc(Cl)ccc1O[C@H](C)C(=O)NCc1ccc(N2CCCC2=O)cc1. The Morgan fingerprint density at radius 1 is 1.26 bits per heavy atom. The smallest absolute Gasteiger partial charge is 0.261 e. The molecule has 0 aromatic heterocycles. The zero-order valence-electron chi connectivity index (χ0n) is 15.5. The van der Waals surface area contributed by atoms with Crippen molar-refractivity contribution < 1.29 is 14.3 Å². The quantitative estimate of drug-likeness (QED) is 0.820. The van der Waals surface area contributed by atoms with E-state index >= 15 is 0 Å². The zero-order chi connectivity index (χ0) is 19.4. The van der Waals surface area contributed by atoms with Gasteiger partial charge in [-0.1, -0.05) is 23.7 Å². The van der Waals surface area contributed by atoms with Gasteiger partial charge in [0.25, 0.3) is 5.91 Å². The van der Waals surface area contributed by atoms with Crippen LogP contribution in [0.25, 0.3) is 0 Å². The van der Waals surface area contributed by atoms with E-state index in [0.717, 1.165) is 29.8 Å². The van der Waals surface area contributed by atoms with Crippen LogP contribution in [-0.4, -0.2) is 24.5 Å². The number of halogens is 1. The van der Waals surface area contributed by atoms with Crippen LogP contribution < -0.4 is 15.0 Å². The predicted molar refractivity (Wildman–Crippen MR) is 106 cm³/mol. The first-order valence-electron chi connectivity index (χ1n) is 9.04. The summed E-state index contributed by atoms with van der Waals surface area (Å²) in [5, 5.41) is 3.51. The van der Waals surface area contributed by atoms with Crippen LogP contribution in [0, 0.1) is 6.92 Å². The summed E-state index contributed by atoms with van der Waals surface area (Å²) in [6.07, 6.45) is 0.899. The number of hydrogen-bond acceptors (Lipinski definition) is 3. The molecule has 6 heteroatoms. The molecule has 2 aromatic carbocycles. The number of ether oxygens (including phenoxy) is 1. The minimum absolute atomic E-state index is 0.166. The molecule has 3 rings (SSSR count). The number of nitrogens with zero attached hydrogens (tertiary/aromatic N) is 1. The number of rotatable bonds is 6. The van der Waals surface area contributed by atoms with Gasteiger partial charge in [-0.3, -0.25) is 9.59 Å². The van der Waals surface area contributed by atoms with Crippen molar-refractivity contribution >= 4 is 29.1 Å². The Kier molecular flexibility index (Phi) is 6.01. The number of amides is 2. The number of anilines is 1. The van der Waals surface area contributed by atoms with Gasteiger partial charge in [0.15, 0.2) is 6.10 Å². The van der Waals surface area contributed by atoms with E-state index in [2.05, 4.69) is 5.32 Å². The number of nitrogens with one attached hydrogen (secondary N) is 1. The molecule has 2 amide bonds. The minimum atomic E-state index is -0.619. The van der Waals surface area contributed by atoms with E-state index in [4.69, 9.17) is 16.3 Å². The standard InChI is InChI=1S/C21H23ClN2O3/c1-14-12-17(22)7-10-19(14)27-15(2)21(26)23-13-16-5-8-18(9-6-16)24-11-3-4-20(24)25/h5-10,12,15H,3-4,11,13H2,1-2H3,(H,23,26)/t15-/m1/s1. The molecule has 1 aliphatic heterocycles. The molecule has 1 saturated heterocycles. The van der Waals surface area contributed by atoms with E-state index in [1.165, 1.54) is 0 Å². The second kappa shape index (κ2) is 8.44. The van der Waals surface area contributed by atoms with Crippen LogP contribution in [-0.2, 0) is 16.1 Å². The highest BCUT2D eigenvalue weighted by molar-refractivity contribution is 6.30. The molecule has 142 valence electrons. The summed E-state index contributed by atoms with van der Waals surface area (Å²) in [6, 6.07) is 13.0. The highest BCUT2D eigenvalue weighted by Gasteiger charge is 2.21. The number of aryl methyl sites for hydroxylation is 1. The summed E-state index contributed by atoms with van der Waals surface area (Å²) in [5.74, 6) is 0.615. The highest BCUT2D eigenvalue weighted by Crippen LogP contribution is 2.23. The molecule has 0 spiro atoms. The molecule has 5 nitrogen and oxygen atoms in total. The van der Waals surface area contributed by atoms with Crippen LogP contribution in [0.5, 0.6) is 5.75 Å². The third kappa shape index (κ3) is 4.80. The zero-order valence-corrected chi connectivity index (χ0v) is 16.3. The predicted octanol–water partition coefficient (Wildman–Crippen LogP) is 3.86. The molecule has 2 aromatic rings. The van der Waals surface area contributed by atoms with Crippen molar-refractivity contribution in [2.45, 2.75) is 39.3 Å². The molecule has 1 atom stereocenters. The van der Waals surface area contributed by atoms with Gasteiger partial charge in [0.2, 0.25) is 5.91 Å². The van der Waals surface area contributed by atoms with E-state index in [0.29, 0.717) is 23.7 Å². The second-order valence-corrected chi connectivity index (χ2v) is 7.14. The molecule has 1 aliphatic rings. The monoisotopic (exact) mass is 386 g/mol. The van der Waals surface area contributed by atoms with Gasteiger partial charge in [-0.2, -0.15) is 0 Å². The van der Waals surface area contributed by atoms with Crippen LogP contribution in [0.15, 0.2) is 42.5 Å². The molecule has 1 heterocycles. The Balaban J connectivity index is 1.53. The summed E-state index contributed by atoms with van der Waals surface area (Å²) in [7, 11) is 0. The molecule has 0 saturated carbocycles. The summed E-state index contributed by atoms with van der Waals surface area (Å²) >= 11 is 5.94. The molecule has 0 aliphatic carbocycles. The Hall–Kier alpha value is -2.53. The van der Waals surface area contributed by atoms with E-state index < -0.39 is 6.10 Å². The lowest BCUT2D eigenvalue weighted by atomic mass is 10.2. The van der Waals surface area contributed by atoms with Gasteiger partial charge in [0.05, 0.1) is 0 Å². The van der Waals surface area contributed by atoms with E-state index in [1.54, 1.807) is 30.0 Å². The fraction of sp³-hybridized carbons (Fsp3) is 0.333. The van der Waals surface area contributed by atoms with Gasteiger partial charge in [-0.05, 0) is 61.7 Å². The molecule has 27 heavy (non-hydrogen) atoms. The summed E-state index contributed by atoms with van der Waals surface area (Å²) < 4.78 is 5.73. The van der Waals surface area contributed by atoms with Gasteiger partial charge in [0, 0.05) is 30.2 Å². The van der Waals surface area contributed by atoms with Gasteiger partial charge in [-0.25, -0.2) is 0 Å². The van der Waals surface area contributed by atoms with Gasteiger partial charge >= 0.3 is 0 Å². The lowest BCUT2D eigenvalue weighted by Gasteiger charge is -2.17. The number of carbonyl (C=O) groups is 2. The maximum Gasteiger partial charge on any atom is 0.261 e. The Bertz CT molecular complexity index is 836. The van der Waals surface area contributed by atoms with Gasteiger partial charge in [0.1, 0.15) is 5.75 Å². The normalized spacial score (nSPS) is 14.9. The Morgan fingerprint density at radius 3 is 2.63 bits per heavy atom. The average molecular weight is 387 g/mol. The van der Waals surface area contributed by atoms with Crippen molar-refractivity contribution in [3.63, 3.8) is 0 Å². The molecule has 0 bridgehead atoms. The average Bonchev–Trinajstić information content (AvgIpc) is 3.08. The number of benzene rings is 2. The highest BCUT2D eigenvalue weighted by atomic mass is 35.5. The van der Waals surface area contributed by atoms with Crippen LogP contribution in [0.1, 0.15) is 30.9 Å². The third-order valence-electron chi connectivity index (χ3n) is 4.60. The molecular formula is C21H23ClN2O3. The summed E-state index contributed by atoms with van der Waals surface area (Å²) in [6.45, 7) is 4.78. The Morgan fingerprint density at radius 2 is 2.00 bits per heavy atom. The maximum absolute atomic E-state index is 12.3. The van der Waals surface area contributed by atoms with E-state index in [9.17, 15) is 9.59 Å². The third-order valence-corrected chi connectivity index (χ3v) is 4.83. The van der Waals surface area contributed by atoms with Crippen molar-refractivity contribution in [1.82, 2.24) is 5.32 Å². The van der Waals surface area contributed by atoms with Crippen molar-refractivity contribution in [2.75, 3.05) is 11.4 Å². The lowest BCUT2D eigenvalue weighted by Crippen LogP contribution is -2.36. The van der Waals surface area contributed by atoms with Crippen molar-refractivity contribution in [3.05, 3.63) is 58.6 Å². The van der Waals surface area contributed by atoms with Crippen molar-refractivity contribution in [3.8, 4) is 5.75 Å². The fourth-order valence-electron chi connectivity index (χ4n) is 3.04. The summed E-state index contributed by atoms with van der Waals surface area (Å²) in [4.78, 5) is 25.9. The van der Waals surface area contributed by atoms with Crippen LogP contribution in [0.4, 0.5) is 5.69 Å². The molecular weight excluding hydrogens is 364 g/mol.